The fraction of sp³-hybridized carbons (Fsp3) is 0.0909. The van der Waals surface area contributed by atoms with Gasteiger partial charge in [0, 0.05) is 18.6 Å². The van der Waals surface area contributed by atoms with Gasteiger partial charge in [-0.05, 0) is 35.3 Å². The summed E-state index contributed by atoms with van der Waals surface area (Å²) in [5.74, 6) is 0. The van der Waals surface area contributed by atoms with Crippen LogP contribution in [0.5, 0.6) is 0 Å². The molecule has 0 spiro atoms. The first kappa shape index (κ1) is 27.7. The number of aromatic nitrogens is 3. The van der Waals surface area contributed by atoms with E-state index in [2.05, 4.69) is 63.9 Å². The van der Waals surface area contributed by atoms with Crippen molar-refractivity contribution in [2.45, 2.75) is 19.3 Å². The molecular weight excluding hydrogens is 631 g/mol. The second-order valence-corrected chi connectivity index (χ2v) is 7.95. The average molecular weight is 659 g/mol. The molecule has 0 fully saturated rings. The molecule has 2 aliphatic carbocycles. The van der Waals surface area contributed by atoms with Crippen molar-refractivity contribution in [1.29, 1.82) is 0 Å². The minimum absolute atomic E-state index is 0. The Morgan fingerprint density at radius 1 is 0.703 bits per heavy atom. The summed E-state index contributed by atoms with van der Waals surface area (Å²) in [5, 5.41) is 0. The molecule has 37 heavy (non-hydrogen) atoms. The van der Waals surface area contributed by atoms with Crippen LogP contribution in [0.2, 0.25) is 0 Å². The molecule has 0 bridgehead atoms. The zero-order valence-corrected chi connectivity index (χ0v) is 22.9. The number of pyridine rings is 3. The fourth-order valence-electron chi connectivity index (χ4n) is 3.56. The largest absolute Gasteiger partial charge is 3.00 e. The maximum Gasteiger partial charge on any atom is 3.00 e. The van der Waals surface area contributed by atoms with Crippen LogP contribution in [0, 0.1) is 18.6 Å². The van der Waals surface area contributed by atoms with Gasteiger partial charge in [0.2, 0.25) is 0 Å². The van der Waals surface area contributed by atoms with E-state index in [-0.39, 0.29) is 20.1 Å². The Kier molecular flexibility index (Phi) is 12.0. The predicted octanol–water partition coefficient (Wildman–Crippen LogP) is 7.79. The van der Waals surface area contributed by atoms with E-state index < -0.39 is 0 Å². The third kappa shape index (κ3) is 9.27. The summed E-state index contributed by atoms with van der Waals surface area (Å²) in [7, 11) is 0. The van der Waals surface area contributed by atoms with Crippen LogP contribution in [0.15, 0.2) is 128 Å². The van der Waals surface area contributed by atoms with Crippen molar-refractivity contribution < 1.29 is 20.1 Å². The van der Waals surface area contributed by atoms with Crippen LogP contribution in [0.3, 0.4) is 0 Å². The van der Waals surface area contributed by atoms with E-state index in [0.29, 0.717) is 0 Å². The van der Waals surface area contributed by atoms with Gasteiger partial charge in [-0.25, -0.2) is 0 Å². The molecule has 0 atom stereocenters. The monoisotopic (exact) mass is 659 g/mol. The van der Waals surface area contributed by atoms with E-state index in [9.17, 15) is 0 Å². The Bertz CT molecular complexity index is 1260. The second kappa shape index (κ2) is 16.0. The Hall–Kier alpha value is -3.85. The minimum atomic E-state index is 0. The van der Waals surface area contributed by atoms with Crippen molar-refractivity contribution in [3.63, 3.8) is 0 Å². The van der Waals surface area contributed by atoms with Crippen LogP contribution >= 0.6 is 0 Å². The van der Waals surface area contributed by atoms with Crippen LogP contribution in [0.25, 0.3) is 22.4 Å². The smallest absolute Gasteiger partial charge is 0.321 e. The van der Waals surface area contributed by atoms with Crippen LogP contribution in [0.1, 0.15) is 30.7 Å². The molecule has 0 saturated heterocycles. The molecule has 3 aromatic heterocycles. The van der Waals surface area contributed by atoms with Crippen molar-refractivity contribution in [2.75, 3.05) is 0 Å². The average Bonchev–Trinajstić information content (AvgIpc) is 3.01. The van der Waals surface area contributed by atoms with Crippen LogP contribution < -0.4 is 0 Å². The molecule has 0 amide bonds. The van der Waals surface area contributed by atoms with E-state index in [1.54, 1.807) is 6.20 Å². The quantitative estimate of drug-likeness (QED) is 0.211. The summed E-state index contributed by atoms with van der Waals surface area (Å²) in [6.07, 6.45) is 24.6. The summed E-state index contributed by atoms with van der Waals surface area (Å²) in [5.41, 5.74) is 6.44. The molecule has 6 rings (SSSR count). The number of nitrogens with zero attached hydrogens (tertiary/aromatic N) is 3. The number of benzene rings is 1. The molecule has 4 heteroatoms. The molecule has 3 nitrogen and oxygen atoms in total. The third-order valence-electron chi connectivity index (χ3n) is 5.35. The van der Waals surface area contributed by atoms with Crippen molar-refractivity contribution in [3.8, 4) is 11.3 Å². The first-order valence-corrected chi connectivity index (χ1v) is 12.1. The molecule has 1 aromatic carbocycles. The third-order valence-corrected chi connectivity index (χ3v) is 5.35. The van der Waals surface area contributed by atoms with Gasteiger partial charge < -0.3 is 15.0 Å². The van der Waals surface area contributed by atoms with Crippen LogP contribution in [-0.2, 0) is 20.1 Å². The summed E-state index contributed by atoms with van der Waals surface area (Å²) in [4.78, 5) is 12.7. The Balaban J connectivity index is 0.000000152. The topological polar surface area (TPSA) is 38.7 Å². The molecule has 0 saturated carbocycles. The fourth-order valence-corrected chi connectivity index (χ4v) is 3.56. The molecule has 184 valence electrons. The minimum Gasteiger partial charge on any atom is -0.321 e. The molecule has 4 aromatic rings. The summed E-state index contributed by atoms with van der Waals surface area (Å²) in [6.45, 7) is 0. The van der Waals surface area contributed by atoms with Crippen LogP contribution in [0.4, 0.5) is 0 Å². The number of hydrogen-bond acceptors (Lipinski definition) is 3. The van der Waals surface area contributed by atoms with E-state index in [0.717, 1.165) is 47.5 Å². The van der Waals surface area contributed by atoms with Crippen LogP contribution in [-0.4, -0.2) is 15.0 Å². The maximum absolute atomic E-state index is 4.27. The van der Waals surface area contributed by atoms with Crippen molar-refractivity contribution in [1.82, 2.24) is 15.0 Å². The van der Waals surface area contributed by atoms with Crippen molar-refractivity contribution >= 4 is 11.1 Å². The summed E-state index contributed by atoms with van der Waals surface area (Å²) in [6, 6.07) is 28.7. The number of allylic oxidation sites excluding steroid dienone is 8. The molecule has 0 N–H and O–H groups in total. The zero-order chi connectivity index (χ0) is 24.7. The number of hydrogen-bond donors (Lipinski definition) is 0. The van der Waals surface area contributed by atoms with E-state index in [1.165, 1.54) is 5.57 Å². The van der Waals surface area contributed by atoms with Gasteiger partial charge in [-0.2, -0.15) is 35.8 Å². The van der Waals surface area contributed by atoms with E-state index in [1.807, 2.05) is 91.3 Å². The standard InChI is InChI=1S/2C11H10N.C11H8N.Ir/c3*1-2-6-10(7-3-1)11-8-4-5-9-12-11;/h2,4-5,7-9H,1,3H2;1-2,4-9H,3H2;1-6,8-9H;/q3*-1;+3. The molecular formula is C33H28IrN3. The SMILES string of the molecule is C1=CC[CH-]C(c2ccccn2)=C1.[C-]1=CCCC=C1c1ccccn1.[Ir+3].[c-]1ccccc1-c1ccccn1. The molecule has 0 aliphatic heterocycles. The van der Waals surface area contributed by atoms with E-state index >= 15 is 0 Å². The number of rotatable bonds is 3. The van der Waals surface area contributed by atoms with Gasteiger partial charge in [0.05, 0.1) is 0 Å². The summed E-state index contributed by atoms with van der Waals surface area (Å²) < 4.78 is 0. The Labute approximate surface area is 233 Å². The predicted molar refractivity (Wildman–Crippen MR) is 148 cm³/mol. The van der Waals surface area contributed by atoms with E-state index in [4.69, 9.17) is 0 Å². The Morgan fingerprint density at radius 3 is 1.92 bits per heavy atom. The van der Waals surface area contributed by atoms with Crippen molar-refractivity contribution in [2.24, 2.45) is 0 Å². The summed E-state index contributed by atoms with van der Waals surface area (Å²) >= 11 is 0. The Morgan fingerprint density at radius 2 is 1.38 bits per heavy atom. The second-order valence-electron chi connectivity index (χ2n) is 7.95. The first-order valence-electron chi connectivity index (χ1n) is 12.1. The molecule has 0 unspecified atom stereocenters. The van der Waals surface area contributed by atoms with Gasteiger partial charge >= 0.3 is 20.1 Å². The van der Waals surface area contributed by atoms with Crippen molar-refractivity contribution in [3.05, 3.63) is 158 Å². The molecule has 2 aliphatic rings. The first-order chi connectivity index (χ1) is 17.9. The molecule has 3 heterocycles. The zero-order valence-electron chi connectivity index (χ0n) is 20.5. The normalized spacial score (nSPS) is 13.2. The molecule has 0 radical (unpaired) electrons. The van der Waals surface area contributed by atoms with Gasteiger partial charge in [0.15, 0.2) is 0 Å². The maximum atomic E-state index is 4.27. The van der Waals surface area contributed by atoms with Gasteiger partial charge in [-0.3, -0.25) is 0 Å². The van der Waals surface area contributed by atoms with Gasteiger partial charge in [0.1, 0.15) is 0 Å². The van der Waals surface area contributed by atoms with Gasteiger partial charge in [-0.15, -0.1) is 54.1 Å². The van der Waals surface area contributed by atoms with Gasteiger partial charge in [0.25, 0.3) is 0 Å². The van der Waals surface area contributed by atoms with Gasteiger partial charge in [-0.1, -0.05) is 55.7 Å².